The third kappa shape index (κ3) is 3.31. The van der Waals surface area contributed by atoms with Crippen molar-refractivity contribution in [3.63, 3.8) is 0 Å². The second kappa shape index (κ2) is 5.00. The molecule has 0 amide bonds. The van der Waals surface area contributed by atoms with Gasteiger partial charge in [-0.2, -0.15) is 0 Å². The van der Waals surface area contributed by atoms with Gasteiger partial charge < -0.3 is 14.8 Å². The molecular weight excluding hydrogens is 234 g/mol. The monoisotopic (exact) mass is 254 g/mol. The number of aliphatic hydroxyl groups is 1. The molecule has 5 heteroatoms. The molecule has 0 aliphatic heterocycles. The van der Waals surface area contributed by atoms with Crippen LogP contribution in [0.3, 0.4) is 0 Å². The summed E-state index contributed by atoms with van der Waals surface area (Å²) in [7, 11) is -1.28. The Labute approximate surface area is 108 Å². The quantitative estimate of drug-likeness (QED) is 0.798. The number of halogens is 1. The Morgan fingerprint density at radius 1 is 1.22 bits per heavy atom. The molecule has 1 aromatic rings. The van der Waals surface area contributed by atoms with Gasteiger partial charge in [-0.15, -0.1) is 0 Å². The standard InChI is InChI=1S/C13H20BFO3/c1-9-6-7-10(8-11(9)15)14(17)18-13(4,5)12(2,3)16/h6-8,16-17H,1-5H3. The Hall–Kier alpha value is -0.905. The predicted molar refractivity (Wildman–Crippen MR) is 70.2 cm³/mol. The smallest absolute Gasteiger partial charge is 0.423 e. The first-order valence-corrected chi connectivity index (χ1v) is 5.89. The van der Waals surface area contributed by atoms with Crippen LogP contribution in [0.25, 0.3) is 0 Å². The molecule has 1 rings (SSSR count). The predicted octanol–water partition coefficient (Wildman–Crippen LogP) is 1.39. The molecule has 18 heavy (non-hydrogen) atoms. The molecule has 0 aromatic heterocycles. The van der Waals surface area contributed by atoms with Crippen LogP contribution in [-0.4, -0.2) is 28.5 Å². The highest BCUT2D eigenvalue weighted by Gasteiger charge is 2.39. The van der Waals surface area contributed by atoms with Crippen molar-refractivity contribution in [1.29, 1.82) is 0 Å². The molecule has 3 nitrogen and oxygen atoms in total. The maximum absolute atomic E-state index is 13.4. The van der Waals surface area contributed by atoms with Gasteiger partial charge in [0.25, 0.3) is 0 Å². The van der Waals surface area contributed by atoms with E-state index in [1.807, 2.05) is 0 Å². The molecule has 0 radical (unpaired) electrons. The van der Waals surface area contributed by atoms with Crippen LogP contribution in [0.1, 0.15) is 33.3 Å². The van der Waals surface area contributed by atoms with E-state index in [0.29, 0.717) is 11.0 Å². The Kier molecular flexibility index (Phi) is 4.21. The molecule has 0 aliphatic carbocycles. The fourth-order valence-electron chi connectivity index (χ4n) is 1.25. The van der Waals surface area contributed by atoms with Crippen LogP contribution in [0.4, 0.5) is 4.39 Å². The summed E-state index contributed by atoms with van der Waals surface area (Å²) in [4.78, 5) is 0. The van der Waals surface area contributed by atoms with E-state index in [4.69, 9.17) is 4.65 Å². The van der Waals surface area contributed by atoms with Crippen LogP contribution < -0.4 is 5.46 Å². The average molecular weight is 254 g/mol. The zero-order valence-electron chi connectivity index (χ0n) is 11.5. The zero-order chi connectivity index (χ0) is 14.1. The Morgan fingerprint density at radius 2 is 1.78 bits per heavy atom. The van der Waals surface area contributed by atoms with Crippen molar-refractivity contribution < 1.29 is 19.2 Å². The Bertz CT molecular complexity index is 427. The topological polar surface area (TPSA) is 49.7 Å². The van der Waals surface area contributed by atoms with Crippen molar-refractivity contribution in [1.82, 2.24) is 0 Å². The lowest BCUT2D eigenvalue weighted by Gasteiger charge is -2.38. The molecule has 1 aromatic carbocycles. The largest absolute Gasteiger partial charge is 0.491 e. The molecular formula is C13H20BFO3. The van der Waals surface area contributed by atoms with Crippen LogP contribution in [0.2, 0.25) is 0 Å². The van der Waals surface area contributed by atoms with Gasteiger partial charge in [0.15, 0.2) is 0 Å². The first-order chi connectivity index (χ1) is 8.04. The van der Waals surface area contributed by atoms with E-state index in [1.54, 1.807) is 46.8 Å². The van der Waals surface area contributed by atoms with Crippen molar-refractivity contribution in [2.75, 3.05) is 0 Å². The highest BCUT2D eigenvalue weighted by Crippen LogP contribution is 2.25. The molecule has 0 saturated carbocycles. The normalized spacial score (nSPS) is 12.7. The summed E-state index contributed by atoms with van der Waals surface area (Å²) in [5.74, 6) is -0.392. The summed E-state index contributed by atoms with van der Waals surface area (Å²) in [5, 5.41) is 19.9. The molecule has 0 aliphatic rings. The van der Waals surface area contributed by atoms with E-state index < -0.39 is 24.1 Å². The van der Waals surface area contributed by atoms with Crippen molar-refractivity contribution in [3.05, 3.63) is 29.6 Å². The molecule has 0 unspecified atom stereocenters. The number of rotatable bonds is 4. The third-order valence-electron chi connectivity index (χ3n) is 3.36. The molecule has 0 atom stereocenters. The van der Waals surface area contributed by atoms with Crippen molar-refractivity contribution in [2.24, 2.45) is 0 Å². The Morgan fingerprint density at radius 3 is 2.22 bits per heavy atom. The molecule has 100 valence electrons. The fraction of sp³-hybridized carbons (Fsp3) is 0.538. The van der Waals surface area contributed by atoms with E-state index in [-0.39, 0.29) is 0 Å². The van der Waals surface area contributed by atoms with Crippen LogP contribution in [0.5, 0.6) is 0 Å². The molecule has 0 fully saturated rings. The van der Waals surface area contributed by atoms with Gasteiger partial charge in [0.2, 0.25) is 0 Å². The van der Waals surface area contributed by atoms with Crippen LogP contribution in [-0.2, 0) is 4.65 Å². The number of aryl methyl sites for hydroxylation is 1. The first kappa shape index (κ1) is 15.2. The summed E-state index contributed by atoms with van der Waals surface area (Å²) >= 11 is 0. The second-order valence-corrected chi connectivity index (χ2v) is 5.55. The van der Waals surface area contributed by atoms with E-state index in [1.165, 1.54) is 6.07 Å². The number of hydrogen-bond donors (Lipinski definition) is 2. The summed E-state index contributed by atoms with van der Waals surface area (Å²) in [6, 6.07) is 4.42. The van der Waals surface area contributed by atoms with E-state index in [9.17, 15) is 14.5 Å². The lowest BCUT2D eigenvalue weighted by molar-refractivity contribution is -0.0982. The van der Waals surface area contributed by atoms with Gasteiger partial charge in [-0.3, -0.25) is 0 Å². The minimum Gasteiger partial charge on any atom is -0.423 e. The van der Waals surface area contributed by atoms with Gasteiger partial charge in [0, 0.05) is 0 Å². The number of benzene rings is 1. The van der Waals surface area contributed by atoms with E-state index >= 15 is 0 Å². The number of hydrogen-bond acceptors (Lipinski definition) is 3. The summed E-state index contributed by atoms with van der Waals surface area (Å²) in [6.07, 6.45) is 0. The fourth-order valence-corrected chi connectivity index (χ4v) is 1.25. The van der Waals surface area contributed by atoms with Crippen LogP contribution in [0.15, 0.2) is 18.2 Å². The SMILES string of the molecule is Cc1ccc(B(O)OC(C)(C)C(C)(C)O)cc1F. The van der Waals surface area contributed by atoms with Crippen LogP contribution >= 0.6 is 0 Å². The highest BCUT2D eigenvalue weighted by molar-refractivity contribution is 6.60. The zero-order valence-corrected chi connectivity index (χ0v) is 11.5. The Balaban J connectivity index is 2.89. The third-order valence-corrected chi connectivity index (χ3v) is 3.36. The van der Waals surface area contributed by atoms with Crippen LogP contribution in [0, 0.1) is 12.7 Å². The van der Waals surface area contributed by atoms with E-state index in [2.05, 4.69) is 0 Å². The first-order valence-electron chi connectivity index (χ1n) is 5.89. The lowest BCUT2D eigenvalue weighted by Crippen LogP contribution is -2.53. The summed E-state index contributed by atoms with van der Waals surface area (Å²) < 4.78 is 18.8. The second-order valence-electron chi connectivity index (χ2n) is 5.55. The van der Waals surface area contributed by atoms with Gasteiger partial charge >= 0.3 is 7.12 Å². The van der Waals surface area contributed by atoms with Crippen molar-refractivity contribution in [2.45, 2.75) is 45.8 Å². The molecule has 0 bridgehead atoms. The van der Waals surface area contributed by atoms with Gasteiger partial charge in [-0.05, 0) is 51.7 Å². The molecule has 0 heterocycles. The minimum absolute atomic E-state index is 0.329. The average Bonchev–Trinajstić information content (AvgIpc) is 2.19. The molecule has 0 spiro atoms. The highest BCUT2D eigenvalue weighted by atomic mass is 19.1. The summed E-state index contributed by atoms with van der Waals surface area (Å²) in [5.41, 5.74) is -1.26. The van der Waals surface area contributed by atoms with E-state index in [0.717, 1.165) is 0 Å². The van der Waals surface area contributed by atoms with Gasteiger partial charge in [0.1, 0.15) is 5.82 Å². The van der Waals surface area contributed by atoms with Gasteiger partial charge in [-0.1, -0.05) is 12.1 Å². The van der Waals surface area contributed by atoms with Crippen molar-refractivity contribution >= 4 is 12.6 Å². The van der Waals surface area contributed by atoms with Gasteiger partial charge in [0.05, 0.1) is 11.2 Å². The molecule has 0 saturated heterocycles. The maximum atomic E-state index is 13.4. The lowest BCUT2D eigenvalue weighted by atomic mass is 9.76. The minimum atomic E-state index is -1.28. The maximum Gasteiger partial charge on any atom is 0.491 e. The van der Waals surface area contributed by atoms with Gasteiger partial charge in [-0.25, -0.2) is 4.39 Å². The molecule has 2 N–H and O–H groups in total. The van der Waals surface area contributed by atoms with Crippen molar-refractivity contribution in [3.8, 4) is 0 Å². The summed E-state index contributed by atoms with van der Waals surface area (Å²) in [6.45, 7) is 8.17.